The minimum atomic E-state index is -2.77. The van der Waals surface area contributed by atoms with E-state index in [0.717, 1.165) is 0 Å². The van der Waals surface area contributed by atoms with Gasteiger partial charge in [-0.05, 0) is 13.0 Å². The van der Waals surface area contributed by atoms with Gasteiger partial charge in [0.15, 0.2) is 0 Å². The van der Waals surface area contributed by atoms with Gasteiger partial charge in [0.2, 0.25) is 0 Å². The molecular weight excluding hydrogens is 198 g/mol. The van der Waals surface area contributed by atoms with E-state index in [-0.39, 0.29) is 10.6 Å². The van der Waals surface area contributed by atoms with Gasteiger partial charge in [-0.3, -0.25) is 4.98 Å². The van der Waals surface area contributed by atoms with Crippen LogP contribution in [0, 0.1) is 18.3 Å². The van der Waals surface area contributed by atoms with Crippen LogP contribution in [-0.4, -0.2) is 4.98 Å². The number of hydrogen-bond acceptors (Lipinski definition) is 2. The average molecular weight is 203 g/mol. The van der Waals surface area contributed by atoms with E-state index in [1.54, 1.807) is 13.0 Å². The number of hydrogen-bond donors (Lipinski definition) is 0. The molecule has 0 aliphatic heterocycles. The molecule has 5 heteroatoms. The molecule has 68 valence electrons. The van der Waals surface area contributed by atoms with Gasteiger partial charge in [-0.2, -0.15) is 5.26 Å². The number of aromatic nitrogens is 1. The molecule has 0 unspecified atom stereocenters. The molecule has 2 nitrogen and oxygen atoms in total. The van der Waals surface area contributed by atoms with E-state index in [2.05, 4.69) is 4.98 Å². The van der Waals surface area contributed by atoms with Gasteiger partial charge in [0, 0.05) is 5.69 Å². The lowest BCUT2D eigenvalue weighted by Gasteiger charge is -2.04. The summed E-state index contributed by atoms with van der Waals surface area (Å²) in [7, 11) is 0. The van der Waals surface area contributed by atoms with E-state index in [9.17, 15) is 8.78 Å². The predicted molar refractivity (Wildman–Crippen MR) is 43.7 cm³/mol. The Morgan fingerprint density at radius 1 is 1.62 bits per heavy atom. The molecule has 1 rings (SSSR count). The first-order valence-corrected chi connectivity index (χ1v) is 3.79. The molecule has 0 radical (unpaired) electrons. The fraction of sp³-hybridized carbons (Fsp3) is 0.250. The van der Waals surface area contributed by atoms with Crippen LogP contribution in [0.1, 0.15) is 23.4 Å². The third-order valence-electron chi connectivity index (χ3n) is 1.45. The van der Waals surface area contributed by atoms with Gasteiger partial charge >= 0.3 is 0 Å². The maximum absolute atomic E-state index is 12.3. The number of alkyl halides is 2. The normalized spacial score (nSPS) is 10.2. The van der Waals surface area contributed by atoms with Gasteiger partial charge in [0.05, 0.1) is 10.6 Å². The van der Waals surface area contributed by atoms with Crippen LogP contribution in [0.2, 0.25) is 5.02 Å². The molecular formula is C8H5ClF2N2. The van der Waals surface area contributed by atoms with Crippen molar-refractivity contribution in [1.82, 2.24) is 4.98 Å². The van der Waals surface area contributed by atoms with Crippen LogP contribution in [0.15, 0.2) is 6.07 Å². The summed E-state index contributed by atoms with van der Waals surface area (Å²) >= 11 is 5.58. The molecule has 0 aromatic carbocycles. The molecule has 0 aliphatic carbocycles. The van der Waals surface area contributed by atoms with E-state index in [4.69, 9.17) is 16.9 Å². The Kier molecular flexibility index (Phi) is 2.79. The largest absolute Gasteiger partial charge is 0.281 e. The van der Waals surface area contributed by atoms with Crippen molar-refractivity contribution in [3.8, 4) is 6.07 Å². The number of halogens is 3. The molecule has 0 aliphatic rings. The van der Waals surface area contributed by atoms with Gasteiger partial charge in [0.1, 0.15) is 11.8 Å². The maximum Gasteiger partial charge on any atom is 0.281 e. The Bertz CT molecular complexity index is 371. The standard InChI is InChI=1S/C8H5ClF2N2/c1-4-2-6(9)5(3-12)7(13-4)8(10)11/h2,8H,1H3. The number of aryl methyl sites for hydroxylation is 1. The van der Waals surface area contributed by atoms with E-state index < -0.39 is 12.1 Å². The van der Waals surface area contributed by atoms with Crippen molar-refractivity contribution in [3.63, 3.8) is 0 Å². The van der Waals surface area contributed by atoms with Gasteiger partial charge in [-0.15, -0.1) is 0 Å². The van der Waals surface area contributed by atoms with Crippen LogP contribution in [0.4, 0.5) is 8.78 Å². The first-order valence-electron chi connectivity index (χ1n) is 3.41. The zero-order valence-electron chi connectivity index (χ0n) is 6.68. The van der Waals surface area contributed by atoms with Crippen LogP contribution in [-0.2, 0) is 0 Å². The first-order chi connectivity index (χ1) is 6.06. The lowest BCUT2D eigenvalue weighted by atomic mass is 10.2. The van der Waals surface area contributed by atoms with Crippen molar-refractivity contribution < 1.29 is 8.78 Å². The van der Waals surface area contributed by atoms with E-state index >= 15 is 0 Å². The zero-order chi connectivity index (χ0) is 10.0. The fourth-order valence-electron chi connectivity index (χ4n) is 0.925. The summed E-state index contributed by atoms with van der Waals surface area (Å²) in [6, 6.07) is 2.98. The summed E-state index contributed by atoms with van der Waals surface area (Å²) < 4.78 is 24.6. The highest BCUT2D eigenvalue weighted by atomic mass is 35.5. The Labute approximate surface area is 78.8 Å². The second kappa shape index (κ2) is 3.67. The quantitative estimate of drug-likeness (QED) is 0.702. The molecule has 1 aromatic rings. The van der Waals surface area contributed by atoms with Crippen molar-refractivity contribution in [1.29, 1.82) is 5.26 Å². The molecule has 0 fully saturated rings. The third-order valence-corrected chi connectivity index (χ3v) is 1.74. The number of pyridine rings is 1. The van der Waals surface area contributed by atoms with Crippen LogP contribution in [0.3, 0.4) is 0 Å². The Morgan fingerprint density at radius 2 is 2.23 bits per heavy atom. The van der Waals surface area contributed by atoms with Gasteiger partial charge in [-0.25, -0.2) is 8.78 Å². The lowest BCUT2D eigenvalue weighted by Crippen LogP contribution is -1.98. The minimum absolute atomic E-state index is 0.0188. The zero-order valence-corrected chi connectivity index (χ0v) is 7.44. The van der Waals surface area contributed by atoms with E-state index in [0.29, 0.717) is 5.69 Å². The average Bonchev–Trinajstić information content (AvgIpc) is 2.02. The molecule has 0 N–H and O–H groups in total. The summed E-state index contributed by atoms with van der Waals surface area (Å²) in [5.74, 6) is 0. The van der Waals surface area contributed by atoms with Crippen molar-refractivity contribution in [2.24, 2.45) is 0 Å². The highest BCUT2D eigenvalue weighted by Crippen LogP contribution is 2.26. The fourth-order valence-corrected chi connectivity index (χ4v) is 1.22. The monoisotopic (exact) mass is 202 g/mol. The molecule has 0 saturated heterocycles. The van der Waals surface area contributed by atoms with Crippen molar-refractivity contribution in [3.05, 3.63) is 28.0 Å². The van der Waals surface area contributed by atoms with Gasteiger partial charge in [0.25, 0.3) is 6.43 Å². The van der Waals surface area contributed by atoms with Crippen LogP contribution in [0.5, 0.6) is 0 Å². The summed E-state index contributed by atoms with van der Waals surface area (Å²) in [6.45, 7) is 1.54. The number of nitriles is 1. The van der Waals surface area contributed by atoms with Crippen molar-refractivity contribution in [2.45, 2.75) is 13.3 Å². The highest BCUT2D eigenvalue weighted by molar-refractivity contribution is 6.31. The number of nitrogens with zero attached hydrogens (tertiary/aromatic N) is 2. The van der Waals surface area contributed by atoms with E-state index in [1.165, 1.54) is 6.07 Å². The summed E-state index contributed by atoms with van der Waals surface area (Å²) in [5, 5.41) is 8.55. The minimum Gasteiger partial charge on any atom is -0.251 e. The molecule has 0 bridgehead atoms. The molecule has 0 amide bonds. The van der Waals surface area contributed by atoms with Crippen molar-refractivity contribution in [2.75, 3.05) is 0 Å². The van der Waals surface area contributed by atoms with Gasteiger partial charge in [-0.1, -0.05) is 11.6 Å². The Morgan fingerprint density at radius 3 is 2.69 bits per heavy atom. The van der Waals surface area contributed by atoms with E-state index in [1.807, 2.05) is 0 Å². The first kappa shape index (κ1) is 9.87. The SMILES string of the molecule is Cc1cc(Cl)c(C#N)c(C(F)F)n1. The summed E-state index contributed by atoms with van der Waals surface area (Å²) in [6.07, 6.45) is -2.77. The third kappa shape index (κ3) is 1.93. The van der Waals surface area contributed by atoms with Crippen LogP contribution in [0.25, 0.3) is 0 Å². The Hall–Kier alpha value is -1.21. The predicted octanol–water partition coefficient (Wildman–Crippen LogP) is 2.85. The summed E-state index contributed by atoms with van der Waals surface area (Å²) in [5.41, 5.74) is -0.422. The molecule has 0 saturated carbocycles. The van der Waals surface area contributed by atoms with Crippen LogP contribution >= 0.6 is 11.6 Å². The molecule has 0 atom stereocenters. The molecule has 0 spiro atoms. The Balaban J connectivity index is 3.41. The number of rotatable bonds is 1. The maximum atomic E-state index is 12.3. The van der Waals surface area contributed by atoms with Gasteiger partial charge < -0.3 is 0 Å². The van der Waals surface area contributed by atoms with Crippen molar-refractivity contribution >= 4 is 11.6 Å². The summed E-state index contributed by atoms with van der Waals surface area (Å²) in [4.78, 5) is 3.55. The molecule has 1 heterocycles. The lowest BCUT2D eigenvalue weighted by molar-refractivity contribution is 0.145. The van der Waals surface area contributed by atoms with Crippen LogP contribution < -0.4 is 0 Å². The molecule has 13 heavy (non-hydrogen) atoms. The molecule has 1 aromatic heterocycles. The second-order valence-electron chi connectivity index (χ2n) is 2.42. The highest BCUT2D eigenvalue weighted by Gasteiger charge is 2.17. The topological polar surface area (TPSA) is 36.7 Å². The second-order valence-corrected chi connectivity index (χ2v) is 2.83. The smallest absolute Gasteiger partial charge is 0.251 e.